The van der Waals surface area contributed by atoms with Crippen molar-refractivity contribution in [1.82, 2.24) is 30.0 Å². The number of amides is 1. The summed E-state index contributed by atoms with van der Waals surface area (Å²) in [5.41, 5.74) is 0.730. The van der Waals surface area contributed by atoms with Gasteiger partial charge in [0.2, 0.25) is 0 Å². The summed E-state index contributed by atoms with van der Waals surface area (Å²) in [5.74, 6) is 0.926. The van der Waals surface area contributed by atoms with Crippen LogP contribution in [0.25, 0.3) is 5.69 Å². The van der Waals surface area contributed by atoms with E-state index in [-0.39, 0.29) is 5.91 Å². The number of para-hydroxylation sites is 1. The number of carbonyl (C=O) groups is 1. The molecule has 1 fully saturated rings. The zero-order chi connectivity index (χ0) is 18.5. The summed E-state index contributed by atoms with van der Waals surface area (Å²) in [6, 6.07) is 11.7. The fourth-order valence-corrected chi connectivity index (χ4v) is 3.89. The van der Waals surface area contributed by atoms with Crippen LogP contribution in [0.4, 0.5) is 0 Å². The molecule has 0 unspecified atom stereocenters. The van der Waals surface area contributed by atoms with E-state index in [0.29, 0.717) is 24.6 Å². The predicted molar refractivity (Wildman–Crippen MR) is 101 cm³/mol. The minimum atomic E-state index is 0.0377. The Morgan fingerprint density at radius 3 is 2.67 bits per heavy atom. The van der Waals surface area contributed by atoms with Crippen LogP contribution in [0.1, 0.15) is 9.67 Å². The molecule has 1 aromatic carbocycles. The van der Waals surface area contributed by atoms with Gasteiger partial charge in [-0.1, -0.05) is 18.2 Å². The third kappa shape index (κ3) is 4.15. The van der Waals surface area contributed by atoms with Crippen LogP contribution in [0, 0.1) is 0 Å². The summed E-state index contributed by atoms with van der Waals surface area (Å²) in [4.78, 5) is 17.8. The van der Waals surface area contributed by atoms with Gasteiger partial charge in [-0.25, -0.2) is 0 Å². The molecule has 1 aliphatic heterocycles. The van der Waals surface area contributed by atoms with Crippen molar-refractivity contribution >= 4 is 17.2 Å². The molecule has 1 amide bonds. The van der Waals surface area contributed by atoms with Crippen LogP contribution in [0.3, 0.4) is 0 Å². The number of thiophene rings is 1. The Kier molecular flexibility index (Phi) is 5.40. The van der Waals surface area contributed by atoms with Gasteiger partial charge in [0.1, 0.15) is 23.6 Å². The van der Waals surface area contributed by atoms with Gasteiger partial charge in [0.25, 0.3) is 5.91 Å². The minimum Gasteiger partial charge on any atom is -0.492 e. The summed E-state index contributed by atoms with van der Waals surface area (Å²) in [7, 11) is 0. The highest BCUT2D eigenvalue weighted by molar-refractivity contribution is 7.12. The number of aromatic nitrogens is 4. The summed E-state index contributed by atoms with van der Waals surface area (Å²) < 4.78 is 7.29. The van der Waals surface area contributed by atoms with E-state index in [0.717, 1.165) is 31.1 Å². The number of benzene rings is 1. The Balaban J connectivity index is 1.28. The molecule has 0 atom stereocenters. The van der Waals surface area contributed by atoms with E-state index < -0.39 is 0 Å². The lowest BCUT2D eigenvalue weighted by atomic mass is 10.2. The van der Waals surface area contributed by atoms with Gasteiger partial charge < -0.3 is 9.64 Å². The zero-order valence-corrected chi connectivity index (χ0v) is 15.6. The lowest BCUT2D eigenvalue weighted by molar-refractivity contribution is 0.0625. The molecule has 27 heavy (non-hydrogen) atoms. The molecule has 0 aliphatic carbocycles. The average Bonchev–Trinajstić information content (AvgIpc) is 3.40. The summed E-state index contributed by atoms with van der Waals surface area (Å²) in [6.45, 7) is 4.59. The van der Waals surface area contributed by atoms with E-state index in [1.165, 1.54) is 22.3 Å². The van der Waals surface area contributed by atoms with Crippen molar-refractivity contribution in [3.8, 4) is 11.4 Å². The maximum atomic E-state index is 12.9. The monoisotopic (exact) mass is 384 g/mol. The lowest BCUT2D eigenvalue weighted by Gasteiger charge is -2.34. The van der Waals surface area contributed by atoms with Crippen molar-refractivity contribution in [1.29, 1.82) is 0 Å². The van der Waals surface area contributed by atoms with E-state index in [2.05, 4.69) is 20.4 Å². The van der Waals surface area contributed by atoms with Gasteiger partial charge in [0.05, 0.1) is 5.69 Å². The van der Waals surface area contributed by atoms with E-state index in [1.54, 1.807) is 0 Å². The van der Waals surface area contributed by atoms with Crippen LogP contribution >= 0.6 is 11.3 Å². The molecule has 2 aromatic heterocycles. The summed E-state index contributed by atoms with van der Waals surface area (Å²) in [5, 5.41) is 13.1. The lowest BCUT2D eigenvalue weighted by Crippen LogP contribution is -2.49. The normalized spacial score (nSPS) is 15.0. The fourth-order valence-electron chi connectivity index (χ4n) is 3.04. The topological polar surface area (TPSA) is 76.4 Å². The number of ether oxygens (including phenoxy) is 1. The van der Waals surface area contributed by atoms with Gasteiger partial charge in [-0.2, -0.15) is 4.68 Å². The highest BCUT2D eigenvalue weighted by atomic mass is 32.1. The largest absolute Gasteiger partial charge is 0.492 e. The molecule has 0 N–H and O–H groups in total. The van der Waals surface area contributed by atoms with Gasteiger partial charge in [0.15, 0.2) is 0 Å². The van der Waals surface area contributed by atoms with E-state index in [4.69, 9.17) is 4.74 Å². The van der Waals surface area contributed by atoms with Gasteiger partial charge in [-0.05, 0) is 34.0 Å². The Labute approximate surface area is 161 Å². The molecule has 1 aliphatic rings. The molecular formula is C18H20N6O2S. The van der Waals surface area contributed by atoms with E-state index >= 15 is 0 Å². The van der Waals surface area contributed by atoms with Crippen molar-refractivity contribution in [2.75, 3.05) is 39.3 Å². The van der Waals surface area contributed by atoms with Crippen molar-refractivity contribution < 1.29 is 9.53 Å². The number of carbonyl (C=O) groups excluding carboxylic acids is 1. The van der Waals surface area contributed by atoms with Crippen molar-refractivity contribution in [3.05, 3.63) is 53.0 Å². The number of tetrazole rings is 1. The molecule has 140 valence electrons. The molecule has 0 spiro atoms. The second-order valence-corrected chi connectivity index (χ2v) is 7.10. The zero-order valence-electron chi connectivity index (χ0n) is 14.8. The number of nitrogens with zero attached hydrogens (tertiary/aromatic N) is 6. The molecule has 8 nitrogen and oxygen atoms in total. The third-order valence-electron chi connectivity index (χ3n) is 4.51. The molecule has 1 saturated heterocycles. The number of rotatable bonds is 6. The molecule has 0 bridgehead atoms. The van der Waals surface area contributed by atoms with Crippen molar-refractivity contribution in [2.45, 2.75) is 0 Å². The average molecular weight is 384 g/mol. The van der Waals surface area contributed by atoms with Crippen LogP contribution in [0.15, 0.2) is 48.1 Å². The maximum absolute atomic E-state index is 12.9. The highest BCUT2D eigenvalue weighted by Gasteiger charge is 2.25. The minimum absolute atomic E-state index is 0.0377. The molecule has 0 saturated carbocycles. The number of piperazine rings is 1. The van der Waals surface area contributed by atoms with Crippen LogP contribution in [0.5, 0.6) is 5.75 Å². The van der Waals surface area contributed by atoms with Gasteiger partial charge >= 0.3 is 0 Å². The highest BCUT2D eigenvalue weighted by Crippen LogP contribution is 2.22. The maximum Gasteiger partial charge on any atom is 0.266 e. The molecule has 9 heteroatoms. The summed E-state index contributed by atoms with van der Waals surface area (Å²) >= 11 is 1.42. The molecule has 4 rings (SSSR count). The van der Waals surface area contributed by atoms with Crippen molar-refractivity contribution in [3.63, 3.8) is 0 Å². The first-order valence-corrected chi connectivity index (χ1v) is 9.69. The second-order valence-electron chi connectivity index (χ2n) is 6.18. The molecule has 0 radical (unpaired) electrons. The Bertz CT molecular complexity index is 859. The first-order valence-electron chi connectivity index (χ1n) is 8.81. The van der Waals surface area contributed by atoms with E-state index in [9.17, 15) is 4.79 Å². The van der Waals surface area contributed by atoms with Crippen molar-refractivity contribution in [2.24, 2.45) is 0 Å². The molecule has 3 aromatic rings. The van der Waals surface area contributed by atoms with Crippen LogP contribution in [-0.4, -0.2) is 75.2 Å². The molecular weight excluding hydrogens is 364 g/mol. The van der Waals surface area contributed by atoms with Gasteiger partial charge in [0, 0.05) is 32.7 Å². The SMILES string of the molecule is O=C(c1sccc1-n1cnnn1)N1CCN(CCOc2ccccc2)CC1. The molecule has 3 heterocycles. The van der Waals surface area contributed by atoms with Crippen LogP contribution < -0.4 is 4.74 Å². The van der Waals surface area contributed by atoms with Gasteiger partial charge in [-0.15, -0.1) is 16.4 Å². The first kappa shape index (κ1) is 17.6. The fraction of sp³-hybridized carbons (Fsp3) is 0.333. The van der Waals surface area contributed by atoms with Crippen LogP contribution in [0.2, 0.25) is 0 Å². The van der Waals surface area contributed by atoms with Gasteiger partial charge in [-0.3, -0.25) is 9.69 Å². The first-order chi connectivity index (χ1) is 13.3. The summed E-state index contributed by atoms with van der Waals surface area (Å²) in [6.07, 6.45) is 1.50. The second kappa shape index (κ2) is 8.28. The van der Waals surface area contributed by atoms with E-state index in [1.807, 2.05) is 46.7 Å². The Hall–Kier alpha value is -2.78. The predicted octanol–water partition coefficient (Wildman–Crippen LogP) is 1.56. The standard InChI is InChI=1S/C18H20N6O2S/c25-18(17-16(6-13-27-17)24-14-19-20-21-24)23-9-7-22(8-10-23)11-12-26-15-4-2-1-3-5-15/h1-6,13-14H,7-12H2. The Morgan fingerprint density at radius 1 is 1.11 bits per heavy atom. The quantitative estimate of drug-likeness (QED) is 0.642. The third-order valence-corrected chi connectivity index (χ3v) is 5.41. The van der Waals surface area contributed by atoms with Crippen LogP contribution in [-0.2, 0) is 0 Å². The Morgan fingerprint density at radius 2 is 1.93 bits per heavy atom. The number of hydrogen-bond donors (Lipinski definition) is 0. The number of hydrogen-bond acceptors (Lipinski definition) is 7. The smallest absolute Gasteiger partial charge is 0.266 e.